The minimum atomic E-state index is 0.506. The van der Waals surface area contributed by atoms with Crippen LogP contribution in [0.5, 0.6) is 0 Å². The van der Waals surface area contributed by atoms with Crippen molar-refractivity contribution in [3.8, 4) is 0 Å². The third kappa shape index (κ3) is 1.76. The van der Waals surface area contributed by atoms with E-state index in [2.05, 4.69) is 30.0 Å². The van der Waals surface area contributed by atoms with Crippen molar-refractivity contribution in [2.24, 2.45) is 5.41 Å². The van der Waals surface area contributed by atoms with E-state index in [1.165, 1.54) is 31.4 Å². The molecule has 2 N–H and O–H groups in total. The molecule has 2 fully saturated rings. The minimum Gasteiger partial charge on any atom is -0.342 e. The van der Waals surface area contributed by atoms with E-state index in [0.717, 1.165) is 35.5 Å². The Bertz CT molecular complexity index is 929. The van der Waals surface area contributed by atoms with E-state index in [-0.39, 0.29) is 0 Å². The van der Waals surface area contributed by atoms with Gasteiger partial charge in [0, 0.05) is 12.5 Å². The maximum absolute atomic E-state index is 4.76. The molecule has 0 aromatic carbocycles. The van der Waals surface area contributed by atoms with Crippen molar-refractivity contribution in [3.05, 3.63) is 23.9 Å². The van der Waals surface area contributed by atoms with Gasteiger partial charge in [-0.05, 0) is 37.5 Å². The molecule has 7 nitrogen and oxygen atoms in total. The average molecular weight is 307 g/mol. The van der Waals surface area contributed by atoms with Gasteiger partial charge in [-0.15, -0.1) is 0 Å². The lowest BCUT2D eigenvalue weighted by Gasteiger charge is -2.07. The highest BCUT2D eigenvalue weighted by Gasteiger charge is 2.48. The lowest BCUT2D eigenvalue weighted by atomic mass is 10.0. The molecule has 0 saturated heterocycles. The van der Waals surface area contributed by atoms with Crippen LogP contribution in [0, 0.1) is 5.41 Å². The summed E-state index contributed by atoms with van der Waals surface area (Å²) in [5.74, 6) is 1.19. The van der Waals surface area contributed by atoms with Crippen LogP contribution in [-0.4, -0.2) is 29.7 Å². The van der Waals surface area contributed by atoms with Gasteiger partial charge in [-0.2, -0.15) is 10.1 Å². The van der Waals surface area contributed by atoms with Crippen LogP contribution in [0.3, 0.4) is 0 Å². The minimum absolute atomic E-state index is 0.506. The van der Waals surface area contributed by atoms with Crippen LogP contribution < -0.4 is 5.32 Å². The lowest BCUT2D eigenvalue weighted by Crippen LogP contribution is -2.03. The number of nitrogens with zero attached hydrogens (tertiary/aromatic N) is 5. The average Bonchev–Trinajstić information content (AvgIpc) is 3.39. The van der Waals surface area contributed by atoms with E-state index in [9.17, 15) is 0 Å². The second kappa shape index (κ2) is 3.90. The molecule has 4 heterocycles. The summed E-state index contributed by atoms with van der Waals surface area (Å²) < 4.78 is 2.14. The summed E-state index contributed by atoms with van der Waals surface area (Å²) in [7, 11) is 0. The molecule has 23 heavy (non-hydrogen) atoms. The second-order valence-corrected chi connectivity index (χ2v) is 7.27. The number of fused-ring (bicyclic) bond motifs is 2. The Morgan fingerprint density at radius 1 is 1.26 bits per heavy atom. The standard InChI is InChI=1S/C16H17N7/c1-2-9(1)12-13-14(18-8-17-13)22-15(21-12)20-10-6-19-23-7-16(3-4-16)5-11(10)23/h6,8-9H,1-5,7H2,(H2,17,18,20,21,22). The quantitative estimate of drug-likeness (QED) is 0.776. The van der Waals surface area contributed by atoms with E-state index in [4.69, 9.17) is 4.98 Å². The molecule has 2 aliphatic carbocycles. The molecule has 3 aliphatic rings. The SMILES string of the molecule is c1nc2nc(Nc3cnn4c3CC3(CC3)C4)nc(C3CC3)c2[nH]1. The summed E-state index contributed by atoms with van der Waals surface area (Å²) in [6.07, 6.45) is 9.79. The maximum atomic E-state index is 4.76. The molecule has 1 spiro atoms. The monoisotopic (exact) mass is 307 g/mol. The molecule has 3 aromatic rings. The summed E-state index contributed by atoms with van der Waals surface area (Å²) in [6, 6.07) is 0. The number of aromatic amines is 1. The molecule has 116 valence electrons. The fourth-order valence-electron chi connectivity index (χ4n) is 3.76. The molecule has 2 saturated carbocycles. The van der Waals surface area contributed by atoms with Crippen LogP contribution in [0.1, 0.15) is 43.0 Å². The van der Waals surface area contributed by atoms with Crippen LogP contribution in [-0.2, 0) is 13.0 Å². The van der Waals surface area contributed by atoms with Gasteiger partial charge in [0.2, 0.25) is 5.95 Å². The van der Waals surface area contributed by atoms with E-state index < -0.39 is 0 Å². The Balaban J connectivity index is 1.39. The van der Waals surface area contributed by atoms with Crippen molar-refractivity contribution in [2.45, 2.75) is 44.6 Å². The number of rotatable bonds is 3. The van der Waals surface area contributed by atoms with Crippen molar-refractivity contribution in [2.75, 3.05) is 5.32 Å². The Morgan fingerprint density at radius 3 is 3.00 bits per heavy atom. The number of nitrogens with one attached hydrogen (secondary N) is 2. The van der Waals surface area contributed by atoms with Crippen molar-refractivity contribution in [1.29, 1.82) is 0 Å². The number of hydrogen-bond acceptors (Lipinski definition) is 5. The fraction of sp³-hybridized carbons (Fsp3) is 0.500. The molecule has 0 bridgehead atoms. The predicted molar refractivity (Wildman–Crippen MR) is 84.5 cm³/mol. The second-order valence-electron chi connectivity index (χ2n) is 7.27. The van der Waals surface area contributed by atoms with Crippen LogP contribution >= 0.6 is 0 Å². The van der Waals surface area contributed by atoms with Crippen molar-refractivity contribution in [1.82, 2.24) is 29.7 Å². The van der Waals surface area contributed by atoms with Crippen LogP contribution in [0.4, 0.5) is 11.6 Å². The molecule has 0 radical (unpaired) electrons. The van der Waals surface area contributed by atoms with Crippen LogP contribution in [0.2, 0.25) is 0 Å². The smallest absolute Gasteiger partial charge is 0.229 e. The topological polar surface area (TPSA) is 84.3 Å². The zero-order chi connectivity index (χ0) is 15.0. The normalized spacial score (nSPS) is 21.0. The molecule has 3 aromatic heterocycles. The van der Waals surface area contributed by atoms with Gasteiger partial charge in [0.15, 0.2) is 5.65 Å². The summed E-state index contributed by atoms with van der Waals surface area (Å²) in [6.45, 7) is 1.07. The molecular weight excluding hydrogens is 290 g/mol. The maximum Gasteiger partial charge on any atom is 0.229 e. The van der Waals surface area contributed by atoms with Gasteiger partial charge in [0.25, 0.3) is 0 Å². The molecule has 0 amide bonds. The number of aromatic nitrogens is 6. The summed E-state index contributed by atoms with van der Waals surface area (Å²) >= 11 is 0. The van der Waals surface area contributed by atoms with E-state index >= 15 is 0 Å². The third-order valence-electron chi connectivity index (χ3n) is 5.46. The summed E-state index contributed by atoms with van der Waals surface area (Å²) in [5, 5.41) is 7.92. The van der Waals surface area contributed by atoms with Crippen LogP contribution in [0.15, 0.2) is 12.5 Å². The van der Waals surface area contributed by atoms with E-state index in [1.54, 1.807) is 6.33 Å². The van der Waals surface area contributed by atoms with Gasteiger partial charge >= 0.3 is 0 Å². The predicted octanol–water partition coefficient (Wildman–Crippen LogP) is 2.51. The first-order valence-corrected chi connectivity index (χ1v) is 8.32. The third-order valence-corrected chi connectivity index (χ3v) is 5.46. The zero-order valence-corrected chi connectivity index (χ0v) is 12.7. The summed E-state index contributed by atoms with van der Waals surface area (Å²) in [4.78, 5) is 16.8. The van der Waals surface area contributed by atoms with E-state index in [0.29, 0.717) is 17.3 Å². The fourth-order valence-corrected chi connectivity index (χ4v) is 3.76. The van der Waals surface area contributed by atoms with Crippen molar-refractivity contribution < 1.29 is 0 Å². The van der Waals surface area contributed by atoms with E-state index in [1.807, 2.05) is 6.20 Å². The molecule has 6 rings (SSSR count). The first kappa shape index (κ1) is 12.0. The first-order valence-electron chi connectivity index (χ1n) is 8.32. The van der Waals surface area contributed by atoms with Crippen LogP contribution in [0.25, 0.3) is 11.2 Å². The Labute approximate surface area is 132 Å². The van der Waals surface area contributed by atoms with Gasteiger partial charge < -0.3 is 10.3 Å². The number of H-pyrrole nitrogens is 1. The number of anilines is 2. The Hall–Kier alpha value is -2.44. The molecule has 0 atom stereocenters. The zero-order valence-electron chi connectivity index (χ0n) is 12.7. The van der Waals surface area contributed by atoms with Crippen molar-refractivity contribution >= 4 is 22.8 Å². The Kier molecular flexibility index (Phi) is 2.04. The Morgan fingerprint density at radius 2 is 2.17 bits per heavy atom. The van der Waals surface area contributed by atoms with Gasteiger partial charge in [-0.3, -0.25) is 4.68 Å². The number of imidazole rings is 1. The molecular formula is C16H17N7. The molecule has 7 heteroatoms. The molecule has 0 unspecified atom stereocenters. The highest BCUT2D eigenvalue weighted by atomic mass is 15.3. The number of hydrogen-bond donors (Lipinski definition) is 2. The van der Waals surface area contributed by atoms with Crippen molar-refractivity contribution in [3.63, 3.8) is 0 Å². The highest BCUT2D eigenvalue weighted by molar-refractivity contribution is 5.76. The van der Waals surface area contributed by atoms with Gasteiger partial charge in [0.05, 0.1) is 29.6 Å². The highest BCUT2D eigenvalue weighted by Crippen LogP contribution is 2.54. The molecule has 1 aliphatic heterocycles. The largest absolute Gasteiger partial charge is 0.342 e. The summed E-state index contributed by atoms with van der Waals surface area (Å²) in [5.41, 5.74) is 5.66. The van der Waals surface area contributed by atoms with Gasteiger partial charge in [0.1, 0.15) is 5.52 Å². The van der Waals surface area contributed by atoms with Gasteiger partial charge in [-0.1, -0.05) is 0 Å². The first-order chi connectivity index (χ1) is 11.3. The lowest BCUT2D eigenvalue weighted by molar-refractivity contribution is 0.471. The van der Waals surface area contributed by atoms with Gasteiger partial charge in [-0.25, -0.2) is 9.97 Å².